The van der Waals surface area contributed by atoms with E-state index in [0.717, 1.165) is 6.42 Å². The summed E-state index contributed by atoms with van der Waals surface area (Å²) in [6, 6.07) is 6.83. The molecule has 1 rings (SSSR count). The maximum Gasteiger partial charge on any atom is 0.169 e. The van der Waals surface area contributed by atoms with E-state index in [1.165, 1.54) is 6.07 Å². The second kappa shape index (κ2) is 9.02. The van der Waals surface area contributed by atoms with Crippen molar-refractivity contribution in [1.82, 2.24) is 5.32 Å². The molecule has 0 aliphatic rings. The standard InChI is InChI=1S/C15H24FNO2/c1-4-14(12-9-7-8-10-13(12)16)17-11-15(18-5-2)19-6-3/h7-10,14-15,17H,4-6,11H2,1-3H3. The van der Waals surface area contributed by atoms with Crippen molar-refractivity contribution >= 4 is 0 Å². The van der Waals surface area contributed by atoms with Crippen LogP contribution in [0.15, 0.2) is 24.3 Å². The second-order valence-electron chi connectivity index (χ2n) is 4.23. The lowest BCUT2D eigenvalue weighted by molar-refractivity contribution is -0.133. The smallest absolute Gasteiger partial charge is 0.169 e. The maximum absolute atomic E-state index is 13.7. The van der Waals surface area contributed by atoms with Gasteiger partial charge in [0.25, 0.3) is 0 Å². The highest BCUT2D eigenvalue weighted by Crippen LogP contribution is 2.19. The average Bonchev–Trinajstić information content (AvgIpc) is 2.41. The van der Waals surface area contributed by atoms with E-state index in [1.54, 1.807) is 6.07 Å². The van der Waals surface area contributed by atoms with Gasteiger partial charge in [-0.1, -0.05) is 25.1 Å². The molecule has 19 heavy (non-hydrogen) atoms. The molecule has 1 atom stereocenters. The third kappa shape index (κ3) is 5.27. The normalized spacial score (nSPS) is 12.9. The third-order valence-electron chi connectivity index (χ3n) is 2.92. The fourth-order valence-electron chi connectivity index (χ4n) is 2.01. The molecule has 0 fully saturated rings. The summed E-state index contributed by atoms with van der Waals surface area (Å²) in [5.41, 5.74) is 0.691. The number of hydrogen-bond donors (Lipinski definition) is 1. The molecule has 0 spiro atoms. The minimum absolute atomic E-state index is 0.0235. The van der Waals surface area contributed by atoms with Crippen LogP contribution in [0.3, 0.4) is 0 Å². The van der Waals surface area contributed by atoms with Gasteiger partial charge >= 0.3 is 0 Å². The molecular weight excluding hydrogens is 245 g/mol. The Morgan fingerprint density at radius 2 is 1.74 bits per heavy atom. The molecule has 108 valence electrons. The van der Waals surface area contributed by atoms with Crippen LogP contribution in [0.1, 0.15) is 38.8 Å². The van der Waals surface area contributed by atoms with Crippen molar-refractivity contribution in [1.29, 1.82) is 0 Å². The van der Waals surface area contributed by atoms with Gasteiger partial charge < -0.3 is 14.8 Å². The number of benzene rings is 1. The van der Waals surface area contributed by atoms with Crippen LogP contribution in [0.2, 0.25) is 0 Å². The van der Waals surface area contributed by atoms with Gasteiger partial charge in [-0.25, -0.2) is 4.39 Å². The van der Waals surface area contributed by atoms with Crippen molar-refractivity contribution in [3.63, 3.8) is 0 Å². The molecule has 0 amide bonds. The van der Waals surface area contributed by atoms with Crippen molar-refractivity contribution in [3.05, 3.63) is 35.6 Å². The molecule has 0 bridgehead atoms. The summed E-state index contributed by atoms with van der Waals surface area (Å²) in [5, 5.41) is 3.31. The zero-order valence-electron chi connectivity index (χ0n) is 12.0. The zero-order chi connectivity index (χ0) is 14.1. The van der Waals surface area contributed by atoms with E-state index < -0.39 is 0 Å². The number of nitrogens with one attached hydrogen (secondary N) is 1. The van der Waals surface area contributed by atoms with Crippen LogP contribution in [0.5, 0.6) is 0 Å². The van der Waals surface area contributed by atoms with Crippen LogP contribution in [-0.2, 0) is 9.47 Å². The van der Waals surface area contributed by atoms with Crippen LogP contribution < -0.4 is 5.32 Å². The summed E-state index contributed by atoms with van der Waals surface area (Å²) in [4.78, 5) is 0. The highest BCUT2D eigenvalue weighted by Gasteiger charge is 2.15. The topological polar surface area (TPSA) is 30.5 Å². The summed E-state index contributed by atoms with van der Waals surface area (Å²) >= 11 is 0. The monoisotopic (exact) mass is 269 g/mol. The van der Waals surface area contributed by atoms with Crippen LogP contribution >= 0.6 is 0 Å². The van der Waals surface area contributed by atoms with Crippen molar-refractivity contribution in [2.75, 3.05) is 19.8 Å². The fourth-order valence-corrected chi connectivity index (χ4v) is 2.01. The van der Waals surface area contributed by atoms with Gasteiger partial charge in [-0.2, -0.15) is 0 Å². The van der Waals surface area contributed by atoms with Crippen LogP contribution in [-0.4, -0.2) is 26.0 Å². The van der Waals surface area contributed by atoms with E-state index in [2.05, 4.69) is 5.32 Å². The number of halogens is 1. The summed E-state index contributed by atoms with van der Waals surface area (Å²) in [6.45, 7) is 7.64. The molecule has 1 N–H and O–H groups in total. The summed E-state index contributed by atoms with van der Waals surface area (Å²) < 4.78 is 24.7. The van der Waals surface area contributed by atoms with E-state index in [1.807, 2.05) is 32.9 Å². The van der Waals surface area contributed by atoms with Gasteiger partial charge in [0.1, 0.15) is 5.82 Å². The average molecular weight is 269 g/mol. The Bertz CT molecular complexity index is 354. The lowest BCUT2D eigenvalue weighted by Crippen LogP contribution is -2.34. The molecule has 0 saturated heterocycles. The van der Waals surface area contributed by atoms with E-state index in [0.29, 0.717) is 25.3 Å². The van der Waals surface area contributed by atoms with Gasteiger partial charge in [0.15, 0.2) is 6.29 Å². The van der Waals surface area contributed by atoms with Gasteiger partial charge in [0, 0.05) is 31.4 Å². The van der Waals surface area contributed by atoms with Gasteiger partial charge in [-0.15, -0.1) is 0 Å². The Balaban J connectivity index is 2.59. The Labute approximate surface area is 115 Å². The van der Waals surface area contributed by atoms with Gasteiger partial charge in [0.05, 0.1) is 0 Å². The number of ether oxygens (including phenoxy) is 2. The van der Waals surface area contributed by atoms with Crippen LogP contribution in [0.4, 0.5) is 4.39 Å². The number of hydrogen-bond acceptors (Lipinski definition) is 3. The minimum Gasteiger partial charge on any atom is -0.352 e. The molecule has 0 aliphatic carbocycles. The summed E-state index contributed by atoms with van der Waals surface area (Å²) in [5.74, 6) is -0.175. The molecule has 0 aliphatic heterocycles. The molecule has 1 aromatic carbocycles. The first-order chi connectivity index (χ1) is 9.22. The maximum atomic E-state index is 13.7. The first-order valence-corrected chi connectivity index (χ1v) is 6.93. The van der Waals surface area contributed by atoms with Gasteiger partial charge in [-0.05, 0) is 26.3 Å². The SMILES string of the molecule is CCOC(CNC(CC)c1ccccc1F)OCC. The molecule has 1 aromatic rings. The van der Waals surface area contributed by atoms with Crippen LogP contribution in [0.25, 0.3) is 0 Å². The van der Waals surface area contributed by atoms with Gasteiger partial charge in [0.2, 0.25) is 0 Å². The van der Waals surface area contributed by atoms with Crippen molar-refractivity contribution in [3.8, 4) is 0 Å². The molecule has 3 nitrogen and oxygen atoms in total. The van der Waals surface area contributed by atoms with Crippen LogP contribution in [0, 0.1) is 5.82 Å². The Morgan fingerprint density at radius 3 is 2.26 bits per heavy atom. The minimum atomic E-state index is -0.282. The quantitative estimate of drug-likeness (QED) is 0.698. The van der Waals surface area contributed by atoms with Crippen molar-refractivity contribution < 1.29 is 13.9 Å². The van der Waals surface area contributed by atoms with E-state index in [9.17, 15) is 4.39 Å². The van der Waals surface area contributed by atoms with Crippen molar-refractivity contribution in [2.45, 2.75) is 39.5 Å². The fraction of sp³-hybridized carbons (Fsp3) is 0.600. The highest BCUT2D eigenvalue weighted by molar-refractivity contribution is 5.21. The molecule has 0 heterocycles. The first kappa shape index (κ1) is 16.1. The predicted molar refractivity (Wildman–Crippen MR) is 74.5 cm³/mol. The second-order valence-corrected chi connectivity index (χ2v) is 4.23. The largest absolute Gasteiger partial charge is 0.352 e. The van der Waals surface area contributed by atoms with E-state index in [4.69, 9.17) is 9.47 Å². The zero-order valence-corrected chi connectivity index (χ0v) is 12.0. The van der Waals surface area contributed by atoms with Gasteiger partial charge in [-0.3, -0.25) is 0 Å². The Morgan fingerprint density at radius 1 is 1.11 bits per heavy atom. The third-order valence-corrected chi connectivity index (χ3v) is 2.92. The predicted octanol–water partition coefficient (Wildman–Crippen LogP) is 3.27. The summed E-state index contributed by atoms with van der Waals surface area (Å²) in [6.07, 6.45) is 0.530. The first-order valence-electron chi connectivity index (χ1n) is 6.93. The Hall–Kier alpha value is -0.970. The molecule has 1 unspecified atom stereocenters. The highest BCUT2D eigenvalue weighted by atomic mass is 19.1. The lowest BCUT2D eigenvalue weighted by atomic mass is 10.0. The molecule has 0 radical (unpaired) electrons. The molecule has 0 aromatic heterocycles. The van der Waals surface area contributed by atoms with Crippen molar-refractivity contribution in [2.24, 2.45) is 0 Å². The molecule has 4 heteroatoms. The van der Waals surface area contributed by atoms with E-state index in [-0.39, 0.29) is 18.1 Å². The lowest BCUT2D eigenvalue weighted by Gasteiger charge is -2.22. The van der Waals surface area contributed by atoms with E-state index >= 15 is 0 Å². The number of rotatable bonds is 9. The molecule has 0 saturated carbocycles. The summed E-state index contributed by atoms with van der Waals surface area (Å²) in [7, 11) is 0. The molecular formula is C15H24FNO2. The Kier molecular flexibility index (Phi) is 7.63.